The quantitative estimate of drug-likeness (QED) is 0.879. The zero-order valence-corrected chi connectivity index (χ0v) is 15.2. The van der Waals surface area contributed by atoms with E-state index in [1.165, 1.54) is 12.0 Å². The predicted molar refractivity (Wildman–Crippen MR) is 99.0 cm³/mol. The Hall–Kier alpha value is -2.14. The van der Waals surface area contributed by atoms with Crippen molar-refractivity contribution in [1.29, 1.82) is 0 Å². The first-order valence-electron chi connectivity index (χ1n) is 9.24. The van der Waals surface area contributed by atoms with Crippen molar-refractivity contribution in [1.82, 2.24) is 19.8 Å². The second-order valence-electron chi connectivity index (χ2n) is 6.82. The van der Waals surface area contributed by atoms with Crippen LogP contribution in [0.5, 0.6) is 0 Å². The van der Waals surface area contributed by atoms with Gasteiger partial charge in [-0.25, -0.2) is 4.98 Å². The molecule has 25 heavy (non-hydrogen) atoms. The number of amides is 1. The third-order valence-corrected chi connectivity index (χ3v) is 4.94. The number of carbonyl (C=O) groups is 1. The minimum absolute atomic E-state index is 0.156. The molecule has 0 saturated carbocycles. The molecule has 2 aromatic rings. The first-order chi connectivity index (χ1) is 12.2. The Labute approximate surface area is 150 Å². The average Bonchev–Trinajstić information content (AvgIpc) is 3.08. The fourth-order valence-corrected chi connectivity index (χ4v) is 3.46. The number of aryl methyl sites for hydroxylation is 1. The largest absolute Gasteiger partial charge is 0.345 e. The van der Waals surface area contributed by atoms with Gasteiger partial charge < -0.3 is 9.88 Å². The topological polar surface area (TPSA) is 52.2 Å². The molecular weight excluding hydrogens is 312 g/mol. The number of carbonyl (C=O) groups excluding carboxylic acids is 1. The van der Waals surface area contributed by atoms with E-state index in [0.29, 0.717) is 0 Å². The number of aromatic amines is 1. The van der Waals surface area contributed by atoms with E-state index in [-0.39, 0.29) is 11.9 Å². The van der Waals surface area contributed by atoms with E-state index in [1.54, 1.807) is 6.92 Å². The number of H-pyrrole nitrogens is 1. The van der Waals surface area contributed by atoms with Gasteiger partial charge in [-0.05, 0) is 12.0 Å². The molecule has 134 valence electrons. The molecule has 1 aromatic heterocycles. The molecule has 0 aliphatic carbocycles. The molecule has 3 rings (SSSR count). The maximum absolute atomic E-state index is 11.8. The van der Waals surface area contributed by atoms with E-state index in [0.717, 1.165) is 50.5 Å². The summed E-state index contributed by atoms with van der Waals surface area (Å²) in [6.45, 7) is 7.11. The highest BCUT2D eigenvalue weighted by molar-refractivity contribution is 5.73. The number of rotatable bonds is 6. The number of nitrogens with one attached hydrogen (secondary N) is 1. The SMILES string of the molecule is CCCCc1ncc(CN2CCN(C(C)=O)C[C@@H]2c2ccccc2)[nH]1. The number of imidazole rings is 1. The number of hydrogen-bond donors (Lipinski definition) is 1. The summed E-state index contributed by atoms with van der Waals surface area (Å²) in [6.07, 6.45) is 5.32. The fraction of sp³-hybridized carbons (Fsp3) is 0.500. The van der Waals surface area contributed by atoms with E-state index in [1.807, 2.05) is 17.2 Å². The Kier molecular flexibility index (Phi) is 5.87. The van der Waals surface area contributed by atoms with Crippen LogP contribution in [0.1, 0.15) is 49.8 Å². The first-order valence-corrected chi connectivity index (χ1v) is 9.24. The smallest absolute Gasteiger partial charge is 0.219 e. The minimum Gasteiger partial charge on any atom is -0.345 e. The lowest BCUT2D eigenvalue weighted by molar-refractivity contribution is -0.132. The highest BCUT2D eigenvalue weighted by Crippen LogP contribution is 2.27. The molecule has 1 N–H and O–H groups in total. The molecular formula is C20H28N4O. The highest BCUT2D eigenvalue weighted by Gasteiger charge is 2.29. The first kappa shape index (κ1) is 17.7. The number of hydrogen-bond acceptors (Lipinski definition) is 3. The molecule has 1 amide bonds. The Morgan fingerprint density at radius 2 is 2.08 bits per heavy atom. The highest BCUT2D eigenvalue weighted by atomic mass is 16.2. The molecule has 0 unspecified atom stereocenters. The number of unbranched alkanes of at least 4 members (excludes halogenated alkanes) is 1. The van der Waals surface area contributed by atoms with Crippen LogP contribution in [0, 0.1) is 0 Å². The van der Waals surface area contributed by atoms with Crippen molar-refractivity contribution in [2.45, 2.75) is 45.7 Å². The Morgan fingerprint density at radius 3 is 2.80 bits per heavy atom. The van der Waals surface area contributed by atoms with Crippen molar-refractivity contribution in [3.8, 4) is 0 Å². The maximum Gasteiger partial charge on any atom is 0.219 e. The van der Waals surface area contributed by atoms with Gasteiger partial charge in [-0.2, -0.15) is 0 Å². The molecule has 5 heteroatoms. The van der Waals surface area contributed by atoms with Crippen LogP contribution >= 0.6 is 0 Å². The molecule has 1 saturated heterocycles. The summed E-state index contributed by atoms with van der Waals surface area (Å²) in [5, 5.41) is 0. The van der Waals surface area contributed by atoms with E-state index in [9.17, 15) is 4.79 Å². The zero-order chi connectivity index (χ0) is 17.6. The van der Waals surface area contributed by atoms with Crippen LogP contribution < -0.4 is 0 Å². The van der Waals surface area contributed by atoms with E-state index in [4.69, 9.17) is 0 Å². The lowest BCUT2D eigenvalue weighted by Gasteiger charge is -2.41. The van der Waals surface area contributed by atoms with E-state index in [2.05, 4.69) is 46.1 Å². The standard InChI is InChI=1S/C20H28N4O/c1-3-4-10-20-21-13-18(22-20)14-24-12-11-23(16(2)25)15-19(24)17-8-6-5-7-9-17/h5-9,13,19H,3-4,10-12,14-15H2,1-2H3,(H,21,22)/t19-/m1/s1. The lowest BCUT2D eigenvalue weighted by atomic mass is 10.0. The van der Waals surface area contributed by atoms with E-state index < -0.39 is 0 Å². The van der Waals surface area contributed by atoms with Crippen molar-refractivity contribution < 1.29 is 4.79 Å². The van der Waals surface area contributed by atoms with Crippen molar-refractivity contribution in [3.63, 3.8) is 0 Å². The normalized spacial score (nSPS) is 18.5. The minimum atomic E-state index is 0.156. The summed E-state index contributed by atoms with van der Waals surface area (Å²) in [4.78, 5) is 24.2. The Balaban J connectivity index is 1.73. The molecule has 1 aromatic carbocycles. The monoisotopic (exact) mass is 340 g/mol. The molecule has 5 nitrogen and oxygen atoms in total. The second kappa shape index (κ2) is 8.30. The van der Waals surface area contributed by atoms with Crippen LogP contribution in [-0.2, 0) is 17.8 Å². The summed E-state index contributed by atoms with van der Waals surface area (Å²) in [5.74, 6) is 1.24. The van der Waals surface area contributed by atoms with Crippen LogP contribution in [0.2, 0.25) is 0 Å². The van der Waals surface area contributed by atoms with Crippen LogP contribution in [0.3, 0.4) is 0 Å². The summed E-state index contributed by atoms with van der Waals surface area (Å²) >= 11 is 0. The summed E-state index contributed by atoms with van der Waals surface area (Å²) < 4.78 is 0. The van der Waals surface area contributed by atoms with Crippen molar-refractivity contribution in [3.05, 3.63) is 53.6 Å². The summed E-state index contributed by atoms with van der Waals surface area (Å²) in [7, 11) is 0. The molecule has 0 spiro atoms. The van der Waals surface area contributed by atoms with Crippen LogP contribution in [0.15, 0.2) is 36.5 Å². The van der Waals surface area contributed by atoms with Gasteiger partial charge in [0.15, 0.2) is 0 Å². The van der Waals surface area contributed by atoms with Crippen LogP contribution in [0.4, 0.5) is 0 Å². The lowest BCUT2D eigenvalue weighted by Crippen LogP contribution is -2.49. The third kappa shape index (κ3) is 4.48. The van der Waals surface area contributed by atoms with Gasteiger partial charge in [0.25, 0.3) is 0 Å². The average molecular weight is 340 g/mol. The van der Waals surface area contributed by atoms with E-state index >= 15 is 0 Å². The fourth-order valence-electron chi connectivity index (χ4n) is 3.46. The number of benzene rings is 1. The zero-order valence-electron chi connectivity index (χ0n) is 15.2. The third-order valence-electron chi connectivity index (χ3n) is 4.94. The van der Waals surface area contributed by atoms with Gasteiger partial charge in [0, 0.05) is 51.4 Å². The van der Waals surface area contributed by atoms with Gasteiger partial charge in [-0.1, -0.05) is 43.7 Å². The van der Waals surface area contributed by atoms with Crippen LogP contribution in [0.25, 0.3) is 0 Å². The molecule has 1 atom stereocenters. The Morgan fingerprint density at radius 1 is 1.28 bits per heavy atom. The number of nitrogens with zero attached hydrogens (tertiary/aromatic N) is 3. The van der Waals surface area contributed by atoms with Gasteiger partial charge in [-0.15, -0.1) is 0 Å². The molecule has 1 fully saturated rings. The van der Waals surface area contributed by atoms with Gasteiger partial charge in [-0.3, -0.25) is 9.69 Å². The summed E-state index contributed by atoms with van der Waals surface area (Å²) in [5.41, 5.74) is 2.42. The molecule has 2 heterocycles. The Bertz CT molecular complexity index is 682. The van der Waals surface area contributed by atoms with Gasteiger partial charge in [0.1, 0.15) is 5.82 Å². The molecule has 0 bridgehead atoms. The van der Waals surface area contributed by atoms with Gasteiger partial charge in [0.05, 0.1) is 6.04 Å². The van der Waals surface area contributed by atoms with Crippen molar-refractivity contribution >= 4 is 5.91 Å². The predicted octanol–water partition coefficient (Wildman–Crippen LogP) is 3.16. The molecule has 1 aliphatic heterocycles. The molecule has 1 aliphatic rings. The second-order valence-corrected chi connectivity index (χ2v) is 6.82. The maximum atomic E-state index is 11.8. The van der Waals surface area contributed by atoms with Gasteiger partial charge in [0.2, 0.25) is 5.91 Å². The number of aromatic nitrogens is 2. The van der Waals surface area contributed by atoms with Crippen LogP contribution in [-0.4, -0.2) is 45.3 Å². The van der Waals surface area contributed by atoms with Gasteiger partial charge >= 0.3 is 0 Å². The van der Waals surface area contributed by atoms with Crippen molar-refractivity contribution in [2.75, 3.05) is 19.6 Å². The van der Waals surface area contributed by atoms with Crippen molar-refractivity contribution in [2.24, 2.45) is 0 Å². The molecule has 0 radical (unpaired) electrons. The summed E-state index contributed by atoms with van der Waals surface area (Å²) in [6, 6.07) is 10.7. The number of piperazine rings is 1.